The molecular weight excluding hydrogens is 328 g/mol. The molecule has 0 amide bonds. The summed E-state index contributed by atoms with van der Waals surface area (Å²) in [4.78, 5) is 20.2. The molecule has 1 aliphatic carbocycles. The number of aliphatic hydroxyl groups is 1. The Morgan fingerprint density at radius 2 is 2.04 bits per heavy atom. The number of nitrogens with zero attached hydrogens (tertiary/aromatic N) is 1. The number of hydrogen-bond acceptors (Lipinski definition) is 5. The van der Waals surface area contributed by atoms with Crippen LogP contribution in [0.1, 0.15) is 70.9 Å². The Kier molecular flexibility index (Phi) is 7.80. The van der Waals surface area contributed by atoms with Crippen molar-refractivity contribution >= 4 is 5.78 Å². The van der Waals surface area contributed by atoms with Crippen LogP contribution in [0, 0.1) is 11.8 Å². The van der Waals surface area contributed by atoms with Gasteiger partial charge in [0, 0.05) is 18.3 Å². The van der Waals surface area contributed by atoms with Crippen LogP contribution >= 0.6 is 0 Å². The standard InChI is InChI=1S/C20H36N4O2/c1-14(2)8-9-17(25)11-20(22,15-6-4-3-5-7-15)19(26)18(21)10-16-12-23-13-24-16/h12-15,17-18,25H,3-11,21-22H2,1-2H3,(H,23,24)/t17-,18-,20?/m0/s1. The number of aliphatic hydroxyl groups excluding tert-OH is 1. The van der Waals surface area contributed by atoms with Crippen LogP contribution in [0.4, 0.5) is 0 Å². The van der Waals surface area contributed by atoms with E-state index in [2.05, 4.69) is 23.8 Å². The first-order chi connectivity index (χ1) is 12.3. The maximum Gasteiger partial charge on any atom is 0.170 e. The quantitative estimate of drug-likeness (QED) is 0.508. The molecule has 0 aliphatic heterocycles. The summed E-state index contributed by atoms with van der Waals surface area (Å²) in [5.41, 5.74) is 12.8. The fourth-order valence-electron chi connectivity index (χ4n) is 4.17. The highest BCUT2D eigenvalue weighted by atomic mass is 16.3. The minimum atomic E-state index is -1.05. The van der Waals surface area contributed by atoms with E-state index in [9.17, 15) is 9.90 Å². The number of aromatic amines is 1. The van der Waals surface area contributed by atoms with Crippen LogP contribution in [-0.2, 0) is 11.2 Å². The van der Waals surface area contributed by atoms with Crippen molar-refractivity contribution in [2.45, 2.75) is 89.3 Å². The number of imidazole rings is 1. The lowest BCUT2D eigenvalue weighted by Gasteiger charge is -2.41. The number of H-pyrrole nitrogens is 1. The van der Waals surface area contributed by atoms with Gasteiger partial charge in [-0.25, -0.2) is 4.98 Å². The molecule has 1 aromatic rings. The molecular formula is C20H36N4O2. The molecule has 3 atom stereocenters. The van der Waals surface area contributed by atoms with E-state index in [-0.39, 0.29) is 11.7 Å². The van der Waals surface area contributed by atoms with Crippen molar-refractivity contribution in [1.82, 2.24) is 9.97 Å². The van der Waals surface area contributed by atoms with E-state index in [0.29, 0.717) is 25.2 Å². The molecule has 1 unspecified atom stereocenters. The minimum absolute atomic E-state index is 0.102. The summed E-state index contributed by atoms with van der Waals surface area (Å²) in [6, 6.07) is -0.681. The molecule has 0 bridgehead atoms. The van der Waals surface area contributed by atoms with Crippen molar-refractivity contribution in [2.75, 3.05) is 0 Å². The number of rotatable bonds is 10. The summed E-state index contributed by atoms with van der Waals surface area (Å²) in [5, 5.41) is 10.6. The Labute approximate surface area is 157 Å². The second-order valence-electron chi connectivity index (χ2n) is 8.46. The summed E-state index contributed by atoms with van der Waals surface area (Å²) in [7, 11) is 0. The Hall–Kier alpha value is -1.24. The number of aromatic nitrogens is 2. The average Bonchev–Trinajstić information content (AvgIpc) is 3.12. The van der Waals surface area contributed by atoms with Gasteiger partial charge in [0.2, 0.25) is 0 Å². The molecule has 6 N–H and O–H groups in total. The van der Waals surface area contributed by atoms with Crippen LogP contribution in [0.2, 0.25) is 0 Å². The number of carbonyl (C=O) groups excluding carboxylic acids is 1. The van der Waals surface area contributed by atoms with Crippen LogP contribution in [-0.4, -0.2) is 38.5 Å². The van der Waals surface area contributed by atoms with Gasteiger partial charge in [0.1, 0.15) is 0 Å². The summed E-state index contributed by atoms with van der Waals surface area (Å²) in [6.45, 7) is 4.27. The monoisotopic (exact) mass is 364 g/mol. The van der Waals surface area contributed by atoms with Gasteiger partial charge in [-0.3, -0.25) is 4.79 Å². The molecule has 0 radical (unpaired) electrons. The number of Topliss-reactive ketones (excluding diaryl/α,β-unsaturated/α-hetero) is 1. The van der Waals surface area contributed by atoms with E-state index in [4.69, 9.17) is 11.5 Å². The first-order valence-corrected chi connectivity index (χ1v) is 10.1. The molecule has 1 aromatic heterocycles. The summed E-state index contributed by atoms with van der Waals surface area (Å²) in [5.74, 6) is 0.498. The average molecular weight is 365 g/mol. The Morgan fingerprint density at radius 1 is 1.35 bits per heavy atom. The first kappa shape index (κ1) is 21.1. The molecule has 1 heterocycles. The largest absolute Gasteiger partial charge is 0.393 e. The van der Waals surface area contributed by atoms with Crippen molar-refractivity contribution in [3.63, 3.8) is 0 Å². The first-order valence-electron chi connectivity index (χ1n) is 10.1. The van der Waals surface area contributed by atoms with Gasteiger partial charge in [-0.1, -0.05) is 33.1 Å². The lowest BCUT2D eigenvalue weighted by atomic mass is 9.68. The number of nitrogens with two attached hydrogens (primary N) is 2. The molecule has 148 valence electrons. The van der Waals surface area contributed by atoms with Crippen molar-refractivity contribution in [1.29, 1.82) is 0 Å². The third-order valence-corrected chi connectivity index (χ3v) is 5.77. The minimum Gasteiger partial charge on any atom is -0.393 e. The molecule has 1 saturated carbocycles. The molecule has 0 aromatic carbocycles. The fourth-order valence-corrected chi connectivity index (χ4v) is 4.17. The summed E-state index contributed by atoms with van der Waals surface area (Å²) >= 11 is 0. The van der Waals surface area contributed by atoms with E-state index in [1.54, 1.807) is 12.5 Å². The second kappa shape index (κ2) is 9.62. The Balaban J connectivity index is 2.11. The zero-order valence-corrected chi connectivity index (χ0v) is 16.3. The van der Waals surface area contributed by atoms with Crippen LogP contribution < -0.4 is 11.5 Å². The number of ketones is 1. The van der Waals surface area contributed by atoms with Crippen molar-refractivity contribution in [3.8, 4) is 0 Å². The molecule has 0 spiro atoms. The molecule has 6 heteroatoms. The lowest BCUT2D eigenvalue weighted by molar-refractivity contribution is -0.129. The predicted octanol–water partition coefficient (Wildman–Crippen LogP) is 2.31. The van der Waals surface area contributed by atoms with Crippen molar-refractivity contribution in [2.24, 2.45) is 23.3 Å². The Morgan fingerprint density at radius 3 is 2.62 bits per heavy atom. The zero-order chi connectivity index (χ0) is 19.2. The number of carbonyl (C=O) groups is 1. The normalized spacial score (nSPS) is 20.7. The molecule has 26 heavy (non-hydrogen) atoms. The highest BCUT2D eigenvalue weighted by molar-refractivity contribution is 5.93. The SMILES string of the molecule is CC(C)CC[C@H](O)CC(N)(C(=O)[C@@H](N)Cc1cnc[nH]1)C1CCCCC1. The molecule has 1 fully saturated rings. The van der Waals surface area contributed by atoms with E-state index in [0.717, 1.165) is 37.8 Å². The van der Waals surface area contributed by atoms with Gasteiger partial charge in [-0.05, 0) is 43.9 Å². The maximum atomic E-state index is 13.3. The van der Waals surface area contributed by atoms with Crippen molar-refractivity contribution < 1.29 is 9.90 Å². The molecule has 0 saturated heterocycles. The van der Waals surface area contributed by atoms with Crippen molar-refractivity contribution in [3.05, 3.63) is 18.2 Å². The highest BCUT2D eigenvalue weighted by Gasteiger charge is 2.45. The molecule has 6 nitrogen and oxygen atoms in total. The smallest absolute Gasteiger partial charge is 0.170 e. The van der Waals surface area contributed by atoms with E-state index in [1.807, 2.05) is 0 Å². The molecule has 1 aliphatic rings. The highest BCUT2D eigenvalue weighted by Crippen LogP contribution is 2.36. The third-order valence-electron chi connectivity index (χ3n) is 5.77. The zero-order valence-electron chi connectivity index (χ0n) is 16.3. The van der Waals surface area contributed by atoms with E-state index < -0.39 is 17.7 Å². The van der Waals surface area contributed by atoms with Crippen LogP contribution in [0.5, 0.6) is 0 Å². The van der Waals surface area contributed by atoms with Gasteiger partial charge in [0.25, 0.3) is 0 Å². The van der Waals surface area contributed by atoms with Gasteiger partial charge < -0.3 is 21.6 Å². The van der Waals surface area contributed by atoms with Gasteiger partial charge in [0.05, 0.1) is 24.0 Å². The van der Waals surface area contributed by atoms with Crippen LogP contribution in [0.25, 0.3) is 0 Å². The van der Waals surface area contributed by atoms with Crippen LogP contribution in [0.3, 0.4) is 0 Å². The Bertz CT molecular complexity index is 540. The summed E-state index contributed by atoms with van der Waals surface area (Å²) < 4.78 is 0. The van der Waals surface area contributed by atoms with Gasteiger partial charge >= 0.3 is 0 Å². The van der Waals surface area contributed by atoms with Gasteiger partial charge in [0.15, 0.2) is 5.78 Å². The fraction of sp³-hybridized carbons (Fsp3) is 0.800. The van der Waals surface area contributed by atoms with Crippen LogP contribution in [0.15, 0.2) is 12.5 Å². The number of hydrogen-bond donors (Lipinski definition) is 4. The topological polar surface area (TPSA) is 118 Å². The lowest BCUT2D eigenvalue weighted by Crippen LogP contribution is -2.61. The van der Waals surface area contributed by atoms with E-state index in [1.165, 1.54) is 6.42 Å². The third kappa shape index (κ3) is 5.63. The summed E-state index contributed by atoms with van der Waals surface area (Å²) in [6.07, 6.45) is 10.3. The van der Waals surface area contributed by atoms with Gasteiger partial charge in [-0.15, -0.1) is 0 Å². The predicted molar refractivity (Wildman–Crippen MR) is 103 cm³/mol. The second-order valence-corrected chi connectivity index (χ2v) is 8.46. The van der Waals surface area contributed by atoms with Gasteiger partial charge in [-0.2, -0.15) is 0 Å². The maximum absolute atomic E-state index is 13.3. The number of nitrogens with one attached hydrogen (secondary N) is 1. The van der Waals surface area contributed by atoms with E-state index >= 15 is 0 Å². The molecule has 2 rings (SSSR count).